The molecule has 0 unspecified atom stereocenters. The van der Waals surface area contributed by atoms with Gasteiger partial charge in [0, 0.05) is 18.4 Å². The number of carbonyl (C=O) groups excluding carboxylic acids is 5. The summed E-state index contributed by atoms with van der Waals surface area (Å²) in [4.78, 5) is 68.7. The van der Waals surface area contributed by atoms with E-state index >= 15 is 4.79 Å². The standard InChI is InChI=1S/C34H46O8/c1-17-12-14-31(6)19(3)23(16-25(36)33(17,31)29(38)40-8)22-10-11-24(42-21(5)35)26-20(4)32(7)15-13-18(2)34(32,30(39)41-9)28(37)27(22)26/h16-20,22,24H,10-15H2,1-9H3/t17-,18-,19-,20-,22+,24-,31+,32+,33-,34-/m1/s1. The minimum atomic E-state index is -1.37. The summed E-state index contributed by atoms with van der Waals surface area (Å²) in [6.07, 6.45) is 4.77. The van der Waals surface area contributed by atoms with Crippen molar-refractivity contribution in [2.75, 3.05) is 14.2 Å². The molecule has 8 nitrogen and oxygen atoms in total. The Hall–Kier alpha value is -2.77. The number of allylic oxidation sites excluding steroid dienone is 3. The Balaban J connectivity index is 1.76. The second kappa shape index (κ2) is 9.88. The number of ketones is 2. The van der Waals surface area contributed by atoms with E-state index in [2.05, 4.69) is 6.92 Å². The third-order valence-corrected chi connectivity index (χ3v) is 13.1. The number of esters is 3. The Bertz CT molecular complexity index is 1320. The maximum atomic E-state index is 15.1. The van der Waals surface area contributed by atoms with Gasteiger partial charge in [-0.05, 0) is 84.7 Å². The second-order valence-electron chi connectivity index (χ2n) is 14.2. The minimum Gasteiger partial charge on any atom is -0.468 e. The lowest BCUT2D eigenvalue weighted by atomic mass is 9.46. The monoisotopic (exact) mass is 582 g/mol. The molecule has 0 aromatic rings. The van der Waals surface area contributed by atoms with Crippen molar-refractivity contribution in [3.63, 3.8) is 0 Å². The van der Waals surface area contributed by atoms with E-state index in [9.17, 15) is 19.2 Å². The molecule has 0 saturated heterocycles. The van der Waals surface area contributed by atoms with Crippen LogP contribution in [0.2, 0.25) is 0 Å². The van der Waals surface area contributed by atoms with Crippen molar-refractivity contribution in [1.82, 2.24) is 0 Å². The molecule has 230 valence electrons. The van der Waals surface area contributed by atoms with Crippen molar-refractivity contribution >= 4 is 29.5 Å². The zero-order chi connectivity index (χ0) is 31.2. The first-order valence-electron chi connectivity index (χ1n) is 15.5. The summed E-state index contributed by atoms with van der Waals surface area (Å²) in [5.41, 5.74) is -1.98. The smallest absolute Gasteiger partial charge is 0.320 e. The highest BCUT2D eigenvalue weighted by atomic mass is 16.5. The second-order valence-corrected chi connectivity index (χ2v) is 14.2. The highest BCUT2D eigenvalue weighted by Crippen LogP contribution is 2.70. The molecule has 8 heteroatoms. The van der Waals surface area contributed by atoms with Gasteiger partial charge in [0.2, 0.25) is 0 Å². The van der Waals surface area contributed by atoms with Crippen LogP contribution in [0.1, 0.15) is 87.0 Å². The van der Waals surface area contributed by atoms with Crippen LogP contribution in [0.4, 0.5) is 0 Å². The lowest BCUT2D eigenvalue weighted by Gasteiger charge is -2.56. The van der Waals surface area contributed by atoms with Gasteiger partial charge in [-0.15, -0.1) is 0 Å². The van der Waals surface area contributed by atoms with E-state index < -0.39 is 51.6 Å². The fourth-order valence-electron chi connectivity index (χ4n) is 10.7. The molecule has 2 fully saturated rings. The van der Waals surface area contributed by atoms with Crippen molar-refractivity contribution in [2.45, 2.75) is 93.1 Å². The Morgan fingerprint density at radius 3 is 1.86 bits per heavy atom. The number of hydrogen-bond acceptors (Lipinski definition) is 8. The molecule has 2 saturated carbocycles. The zero-order valence-corrected chi connectivity index (χ0v) is 26.6. The van der Waals surface area contributed by atoms with Crippen LogP contribution in [-0.2, 0) is 38.2 Å². The molecule has 5 rings (SSSR count). The summed E-state index contributed by atoms with van der Waals surface area (Å²) in [6.45, 7) is 13.4. The topological polar surface area (TPSA) is 113 Å². The third-order valence-electron chi connectivity index (χ3n) is 13.1. The van der Waals surface area contributed by atoms with E-state index in [-0.39, 0.29) is 35.2 Å². The Labute approximate surface area is 249 Å². The van der Waals surface area contributed by atoms with Crippen LogP contribution in [0, 0.1) is 51.2 Å². The number of ether oxygens (including phenoxy) is 3. The molecule has 0 aliphatic heterocycles. The van der Waals surface area contributed by atoms with Gasteiger partial charge in [-0.2, -0.15) is 0 Å². The SMILES string of the molecule is COC(=O)[C@@]12C(=O)C3=C([C@@H](C)[C@]1(C)CC[C@H]2C)[C@H](OC(C)=O)CC[C@H]3C1=CC(=O)[C@@]2(C(=O)OC)[C@H](C)CC[C@@]2(C)[C@@H]1C. The summed E-state index contributed by atoms with van der Waals surface area (Å²) in [7, 11) is 2.67. The number of fused-ring (bicyclic) bond motifs is 2. The van der Waals surface area contributed by atoms with Gasteiger partial charge < -0.3 is 14.2 Å². The minimum absolute atomic E-state index is 0.184. The average Bonchev–Trinajstić information content (AvgIpc) is 3.40. The van der Waals surface area contributed by atoms with Crippen LogP contribution in [0.25, 0.3) is 0 Å². The zero-order valence-electron chi connectivity index (χ0n) is 26.6. The lowest BCUT2D eigenvalue weighted by molar-refractivity contribution is -0.174. The van der Waals surface area contributed by atoms with Gasteiger partial charge >= 0.3 is 17.9 Å². The van der Waals surface area contributed by atoms with E-state index in [4.69, 9.17) is 14.2 Å². The average molecular weight is 583 g/mol. The molecule has 0 radical (unpaired) electrons. The van der Waals surface area contributed by atoms with E-state index in [1.807, 2.05) is 34.6 Å². The summed E-state index contributed by atoms with van der Waals surface area (Å²) in [5.74, 6) is -3.28. The third kappa shape index (κ3) is 3.38. The van der Waals surface area contributed by atoms with Crippen LogP contribution < -0.4 is 0 Å². The van der Waals surface area contributed by atoms with E-state index in [1.54, 1.807) is 6.08 Å². The molecule has 0 aromatic carbocycles. The molecular formula is C34H46O8. The number of carbonyl (C=O) groups is 5. The number of Topliss-reactive ketones (excluding diaryl/α,β-unsaturated/α-hetero) is 1. The van der Waals surface area contributed by atoms with E-state index in [1.165, 1.54) is 21.1 Å². The van der Waals surface area contributed by atoms with Gasteiger partial charge in [0.1, 0.15) is 16.9 Å². The van der Waals surface area contributed by atoms with Crippen molar-refractivity contribution in [2.24, 2.45) is 51.2 Å². The fourth-order valence-corrected chi connectivity index (χ4v) is 10.7. The molecule has 0 N–H and O–H groups in total. The summed E-state index contributed by atoms with van der Waals surface area (Å²) >= 11 is 0. The predicted molar refractivity (Wildman–Crippen MR) is 154 cm³/mol. The largest absolute Gasteiger partial charge is 0.468 e. The molecule has 0 aromatic heterocycles. The molecule has 0 bridgehead atoms. The van der Waals surface area contributed by atoms with E-state index in [0.717, 1.165) is 11.1 Å². The Kier molecular flexibility index (Phi) is 7.22. The number of methoxy groups -OCH3 is 2. The molecular weight excluding hydrogens is 536 g/mol. The fraction of sp³-hybridized carbons (Fsp3) is 0.735. The highest BCUT2D eigenvalue weighted by Gasteiger charge is 2.73. The van der Waals surface area contributed by atoms with Gasteiger partial charge in [0.15, 0.2) is 11.6 Å². The van der Waals surface area contributed by atoms with Crippen molar-refractivity contribution in [1.29, 1.82) is 0 Å². The van der Waals surface area contributed by atoms with Crippen LogP contribution in [0.3, 0.4) is 0 Å². The summed E-state index contributed by atoms with van der Waals surface area (Å²) in [6, 6.07) is 0. The van der Waals surface area contributed by atoms with Gasteiger partial charge in [-0.25, -0.2) is 0 Å². The number of rotatable bonds is 4. The lowest BCUT2D eigenvalue weighted by Crippen LogP contribution is -2.61. The van der Waals surface area contributed by atoms with Gasteiger partial charge in [-0.1, -0.05) is 47.1 Å². The van der Waals surface area contributed by atoms with Crippen molar-refractivity contribution in [3.8, 4) is 0 Å². The Morgan fingerprint density at radius 1 is 0.786 bits per heavy atom. The van der Waals surface area contributed by atoms with Crippen LogP contribution in [-0.4, -0.2) is 49.8 Å². The predicted octanol–water partition coefficient (Wildman–Crippen LogP) is 5.18. The van der Waals surface area contributed by atoms with E-state index in [0.29, 0.717) is 44.1 Å². The van der Waals surface area contributed by atoms with Gasteiger partial charge in [-0.3, -0.25) is 24.0 Å². The van der Waals surface area contributed by atoms with Crippen LogP contribution >= 0.6 is 0 Å². The van der Waals surface area contributed by atoms with Gasteiger partial charge in [0.05, 0.1) is 14.2 Å². The van der Waals surface area contributed by atoms with Crippen molar-refractivity contribution < 1.29 is 38.2 Å². The van der Waals surface area contributed by atoms with Crippen molar-refractivity contribution in [3.05, 3.63) is 22.8 Å². The van der Waals surface area contributed by atoms with Crippen LogP contribution in [0.15, 0.2) is 22.8 Å². The first-order chi connectivity index (χ1) is 19.6. The summed E-state index contributed by atoms with van der Waals surface area (Å²) < 4.78 is 16.5. The van der Waals surface area contributed by atoms with Gasteiger partial charge in [0.25, 0.3) is 0 Å². The highest BCUT2D eigenvalue weighted by molar-refractivity contribution is 6.16. The molecule has 0 heterocycles. The summed E-state index contributed by atoms with van der Waals surface area (Å²) in [5, 5.41) is 0. The first kappa shape index (κ1) is 30.7. The molecule has 5 aliphatic carbocycles. The normalized spacial score (nSPS) is 44.5. The number of hydrogen-bond donors (Lipinski definition) is 0. The quantitative estimate of drug-likeness (QED) is 0.253. The Morgan fingerprint density at radius 2 is 1.31 bits per heavy atom. The first-order valence-corrected chi connectivity index (χ1v) is 15.5. The molecule has 0 spiro atoms. The molecule has 5 aliphatic rings. The maximum absolute atomic E-state index is 15.1. The van der Waals surface area contributed by atoms with Crippen LogP contribution in [0.5, 0.6) is 0 Å². The molecule has 10 atom stereocenters. The molecule has 42 heavy (non-hydrogen) atoms. The molecule has 0 amide bonds. The maximum Gasteiger partial charge on any atom is 0.320 e.